The van der Waals surface area contributed by atoms with Gasteiger partial charge in [-0.2, -0.15) is 0 Å². The van der Waals surface area contributed by atoms with Crippen LogP contribution in [-0.2, 0) is 0 Å². The molecular formula is C22H25N5O2. The van der Waals surface area contributed by atoms with Crippen LogP contribution in [0.5, 0.6) is 0 Å². The van der Waals surface area contributed by atoms with Gasteiger partial charge in [-0.3, -0.25) is 4.98 Å². The molecule has 1 saturated heterocycles. The molecule has 0 spiro atoms. The average molecular weight is 391 g/mol. The van der Waals surface area contributed by atoms with E-state index in [2.05, 4.69) is 20.6 Å². The molecule has 4 heterocycles. The van der Waals surface area contributed by atoms with Crippen LogP contribution in [0.25, 0.3) is 27.9 Å². The zero-order valence-corrected chi connectivity index (χ0v) is 17.0. The van der Waals surface area contributed by atoms with Crippen molar-refractivity contribution < 1.29 is 4.42 Å². The van der Waals surface area contributed by atoms with Gasteiger partial charge in [-0.25, -0.2) is 9.78 Å². The second-order valence-corrected chi connectivity index (χ2v) is 7.23. The summed E-state index contributed by atoms with van der Waals surface area (Å²) in [5.74, 6) is 0. The molecule has 7 heteroatoms. The Morgan fingerprint density at radius 1 is 1.10 bits per heavy atom. The van der Waals surface area contributed by atoms with Crippen molar-refractivity contribution >= 4 is 22.3 Å². The number of rotatable bonds is 2. The molecule has 0 bridgehead atoms. The molecule has 1 fully saturated rings. The lowest BCUT2D eigenvalue weighted by atomic mass is 10.1. The number of benzene rings is 1. The molecule has 1 aliphatic heterocycles. The fourth-order valence-electron chi connectivity index (χ4n) is 3.50. The van der Waals surface area contributed by atoms with Crippen molar-refractivity contribution in [2.24, 2.45) is 0 Å². The maximum atomic E-state index is 12.4. The number of aromatic nitrogens is 3. The third-order valence-electron chi connectivity index (χ3n) is 4.98. The molecule has 2 N–H and O–H groups in total. The zero-order valence-electron chi connectivity index (χ0n) is 17.0. The van der Waals surface area contributed by atoms with E-state index in [9.17, 15) is 4.79 Å². The van der Waals surface area contributed by atoms with Gasteiger partial charge in [-0.1, -0.05) is 0 Å². The van der Waals surface area contributed by atoms with Crippen LogP contribution in [-0.4, -0.2) is 34.5 Å². The minimum atomic E-state index is -0.401. The molecule has 0 atom stereocenters. The van der Waals surface area contributed by atoms with Gasteiger partial charge >= 0.3 is 5.63 Å². The molecular weight excluding hydrogens is 366 g/mol. The van der Waals surface area contributed by atoms with E-state index in [1.807, 2.05) is 62.0 Å². The first-order chi connectivity index (χ1) is 14.0. The molecule has 3 aromatic heterocycles. The van der Waals surface area contributed by atoms with Crippen LogP contribution in [0.15, 0.2) is 45.9 Å². The molecule has 4 aromatic rings. The summed E-state index contributed by atoms with van der Waals surface area (Å²) in [5.41, 5.74) is 4.52. The fourth-order valence-corrected chi connectivity index (χ4v) is 3.50. The van der Waals surface area contributed by atoms with Crippen LogP contribution in [0, 0.1) is 13.8 Å². The average Bonchev–Trinajstić information content (AvgIpc) is 3.40. The smallest absolute Gasteiger partial charge is 0.345 e. The Kier molecular flexibility index (Phi) is 5.31. The molecule has 0 amide bonds. The molecule has 0 unspecified atom stereocenters. The second-order valence-electron chi connectivity index (χ2n) is 7.23. The van der Waals surface area contributed by atoms with Crippen LogP contribution in [0.2, 0.25) is 0 Å². The number of imidazole rings is 1. The highest BCUT2D eigenvalue weighted by atomic mass is 16.4. The van der Waals surface area contributed by atoms with Crippen molar-refractivity contribution in [3.8, 4) is 11.3 Å². The van der Waals surface area contributed by atoms with E-state index < -0.39 is 5.63 Å². The standard InChI is InChI=1S/C18H16N4O2.C4H9N/c1-10-8-22-9-15(21-17(22)11(2)20-10)14-6-12-4-5-13(19-3)7-16(12)24-18(14)23;1-2-4-5-3-1/h4-9,19H,1-3H3;5H,1-4H2. The predicted octanol–water partition coefficient (Wildman–Crippen LogP) is 3.53. The van der Waals surface area contributed by atoms with Gasteiger partial charge in [0.2, 0.25) is 0 Å². The first-order valence-corrected chi connectivity index (χ1v) is 9.85. The van der Waals surface area contributed by atoms with Crippen molar-refractivity contribution in [1.29, 1.82) is 0 Å². The topological polar surface area (TPSA) is 84.5 Å². The van der Waals surface area contributed by atoms with E-state index in [1.54, 1.807) is 0 Å². The Morgan fingerprint density at radius 3 is 2.59 bits per heavy atom. The fraction of sp³-hybridized carbons (Fsp3) is 0.318. The Labute approximate surface area is 168 Å². The third kappa shape index (κ3) is 4.00. The quantitative estimate of drug-likeness (QED) is 0.509. The lowest BCUT2D eigenvalue weighted by Crippen LogP contribution is -2.03. The molecule has 5 rings (SSSR count). The Balaban J connectivity index is 0.000000359. The van der Waals surface area contributed by atoms with Crippen LogP contribution >= 0.6 is 0 Å². The van der Waals surface area contributed by atoms with Gasteiger partial charge in [0.25, 0.3) is 0 Å². The Hall–Kier alpha value is -3.19. The van der Waals surface area contributed by atoms with Crippen LogP contribution < -0.4 is 16.3 Å². The van der Waals surface area contributed by atoms with Gasteiger partial charge in [-0.15, -0.1) is 0 Å². The van der Waals surface area contributed by atoms with Crippen LogP contribution in [0.4, 0.5) is 5.69 Å². The van der Waals surface area contributed by atoms with Crippen LogP contribution in [0.3, 0.4) is 0 Å². The highest BCUT2D eigenvalue weighted by Gasteiger charge is 2.13. The van der Waals surface area contributed by atoms with E-state index in [-0.39, 0.29) is 0 Å². The number of fused-ring (bicyclic) bond motifs is 2. The summed E-state index contributed by atoms with van der Waals surface area (Å²) in [5, 5.41) is 7.11. The second kappa shape index (κ2) is 8.05. The van der Waals surface area contributed by atoms with Gasteiger partial charge in [0.1, 0.15) is 5.58 Å². The number of nitrogens with zero attached hydrogens (tertiary/aromatic N) is 3. The van der Waals surface area contributed by atoms with E-state index in [4.69, 9.17) is 4.42 Å². The van der Waals surface area contributed by atoms with Gasteiger partial charge in [-0.05, 0) is 58.0 Å². The number of hydrogen-bond donors (Lipinski definition) is 2. The van der Waals surface area contributed by atoms with Crippen molar-refractivity contribution in [2.45, 2.75) is 26.7 Å². The van der Waals surface area contributed by atoms with E-state index in [1.165, 1.54) is 25.9 Å². The predicted molar refractivity (Wildman–Crippen MR) is 116 cm³/mol. The number of anilines is 1. The lowest BCUT2D eigenvalue weighted by molar-refractivity contribution is 0.563. The molecule has 0 radical (unpaired) electrons. The normalized spacial score (nSPS) is 13.5. The van der Waals surface area contributed by atoms with E-state index in [0.717, 1.165) is 28.1 Å². The van der Waals surface area contributed by atoms with Crippen molar-refractivity contribution in [1.82, 2.24) is 19.7 Å². The van der Waals surface area contributed by atoms with Crippen molar-refractivity contribution in [2.75, 3.05) is 25.5 Å². The molecule has 29 heavy (non-hydrogen) atoms. The molecule has 1 aliphatic rings. The highest BCUT2D eigenvalue weighted by molar-refractivity contribution is 5.84. The maximum absolute atomic E-state index is 12.4. The first-order valence-electron chi connectivity index (χ1n) is 9.85. The summed E-state index contributed by atoms with van der Waals surface area (Å²) in [6.45, 7) is 6.33. The summed E-state index contributed by atoms with van der Waals surface area (Å²) >= 11 is 0. The summed E-state index contributed by atoms with van der Waals surface area (Å²) in [4.78, 5) is 21.4. The Bertz CT molecular complexity index is 1210. The van der Waals surface area contributed by atoms with Crippen molar-refractivity contribution in [3.63, 3.8) is 0 Å². The van der Waals surface area contributed by atoms with Gasteiger partial charge in [0.05, 0.1) is 22.6 Å². The zero-order chi connectivity index (χ0) is 20.4. The van der Waals surface area contributed by atoms with Gasteiger partial charge in [0, 0.05) is 36.6 Å². The molecule has 1 aromatic carbocycles. The summed E-state index contributed by atoms with van der Waals surface area (Å²) in [7, 11) is 1.82. The first kappa shape index (κ1) is 19.1. The highest BCUT2D eigenvalue weighted by Crippen LogP contribution is 2.23. The summed E-state index contributed by atoms with van der Waals surface area (Å²) in [6, 6.07) is 7.48. The largest absolute Gasteiger partial charge is 0.422 e. The molecule has 0 saturated carbocycles. The summed E-state index contributed by atoms with van der Waals surface area (Å²) < 4.78 is 7.37. The maximum Gasteiger partial charge on any atom is 0.345 e. The Morgan fingerprint density at radius 2 is 1.90 bits per heavy atom. The third-order valence-corrected chi connectivity index (χ3v) is 4.98. The lowest BCUT2D eigenvalue weighted by Gasteiger charge is -2.03. The minimum absolute atomic E-state index is 0.401. The van der Waals surface area contributed by atoms with Gasteiger partial charge < -0.3 is 19.5 Å². The molecule has 0 aliphatic carbocycles. The number of aryl methyl sites for hydroxylation is 2. The SMILES string of the molecule is C1CCNC1.CNc1ccc2cc(-c3cn4cc(C)nc(C)c4n3)c(=O)oc2c1. The van der Waals surface area contributed by atoms with Crippen LogP contribution in [0.1, 0.15) is 24.2 Å². The number of hydrogen-bond acceptors (Lipinski definition) is 6. The number of nitrogens with one attached hydrogen (secondary N) is 2. The monoisotopic (exact) mass is 391 g/mol. The minimum Gasteiger partial charge on any atom is -0.422 e. The van der Waals surface area contributed by atoms with Gasteiger partial charge in [0.15, 0.2) is 5.65 Å². The molecule has 7 nitrogen and oxygen atoms in total. The molecule has 150 valence electrons. The van der Waals surface area contributed by atoms with E-state index >= 15 is 0 Å². The van der Waals surface area contributed by atoms with Crippen molar-refractivity contribution in [3.05, 3.63) is 58.5 Å². The summed E-state index contributed by atoms with van der Waals surface area (Å²) in [6.07, 6.45) is 6.50. The van der Waals surface area contributed by atoms with E-state index in [0.29, 0.717) is 16.8 Å².